The van der Waals surface area contributed by atoms with Crippen molar-refractivity contribution in [3.8, 4) is 0 Å². The van der Waals surface area contributed by atoms with Gasteiger partial charge >= 0.3 is 0 Å². The topological polar surface area (TPSA) is 31.4 Å². The Hall–Kier alpha value is -0.650. The van der Waals surface area contributed by atoms with E-state index in [1.54, 1.807) is 0 Å². The molecule has 1 N–H and O–H groups in total. The maximum atomic E-state index is 4.71. The van der Waals surface area contributed by atoms with Crippen LogP contribution >= 0.6 is 11.3 Å². The van der Waals surface area contributed by atoms with Crippen molar-refractivity contribution >= 4 is 16.5 Å². The van der Waals surface area contributed by atoms with Crippen LogP contribution in [-0.4, -0.2) is 50.2 Å². The zero-order chi connectivity index (χ0) is 12.4. The maximum absolute atomic E-state index is 4.71. The Morgan fingerprint density at radius 3 is 2.53 bits per heavy atom. The number of nitrogens with zero attached hydrogens (tertiary/aromatic N) is 3. The summed E-state index contributed by atoms with van der Waals surface area (Å²) in [7, 11) is 4.18. The van der Waals surface area contributed by atoms with E-state index in [4.69, 9.17) is 4.98 Å². The Morgan fingerprint density at radius 1 is 1.29 bits per heavy atom. The monoisotopic (exact) mass is 254 g/mol. The van der Waals surface area contributed by atoms with Crippen LogP contribution in [0.4, 0.5) is 5.13 Å². The molecular weight excluding hydrogens is 232 g/mol. The molecule has 0 aliphatic carbocycles. The van der Waals surface area contributed by atoms with Gasteiger partial charge in [-0.05, 0) is 27.9 Å². The van der Waals surface area contributed by atoms with Gasteiger partial charge in [0.15, 0.2) is 5.13 Å². The van der Waals surface area contributed by atoms with Crippen molar-refractivity contribution in [1.29, 1.82) is 0 Å². The first-order valence-electron chi connectivity index (χ1n) is 6.20. The van der Waals surface area contributed by atoms with Crippen LogP contribution in [-0.2, 0) is 0 Å². The second-order valence-electron chi connectivity index (χ2n) is 4.75. The van der Waals surface area contributed by atoms with Gasteiger partial charge in [-0.25, -0.2) is 4.98 Å². The van der Waals surface area contributed by atoms with E-state index in [-0.39, 0.29) is 0 Å². The zero-order valence-corrected chi connectivity index (χ0v) is 12.0. The first kappa shape index (κ1) is 12.8. The molecule has 1 aliphatic rings. The third kappa shape index (κ3) is 2.78. The van der Waals surface area contributed by atoms with E-state index >= 15 is 0 Å². The Labute approximate surface area is 108 Å². The van der Waals surface area contributed by atoms with Crippen molar-refractivity contribution in [3.63, 3.8) is 0 Å². The van der Waals surface area contributed by atoms with Crippen LogP contribution in [0.5, 0.6) is 0 Å². The van der Waals surface area contributed by atoms with Crippen LogP contribution in [0.1, 0.15) is 23.5 Å². The Bertz CT molecular complexity index is 369. The molecule has 1 saturated heterocycles. The van der Waals surface area contributed by atoms with E-state index in [2.05, 4.69) is 36.0 Å². The average Bonchev–Trinajstić information content (AvgIpc) is 2.71. The van der Waals surface area contributed by atoms with Crippen LogP contribution in [0.15, 0.2) is 0 Å². The van der Waals surface area contributed by atoms with E-state index in [1.807, 2.05) is 18.4 Å². The van der Waals surface area contributed by atoms with Crippen molar-refractivity contribution in [2.45, 2.75) is 19.9 Å². The largest absolute Gasteiger partial charge is 0.346 e. The highest BCUT2D eigenvalue weighted by molar-refractivity contribution is 7.15. The van der Waals surface area contributed by atoms with Crippen LogP contribution in [0.2, 0.25) is 0 Å². The summed E-state index contributed by atoms with van der Waals surface area (Å²) in [5.74, 6) is 0. The van der Waals surface area contributed by atoms with Crippen LogP contribution in [0, 0.1) is 6.92 Å². The lowest BCUT2D eigenvalue weighted by Crippen LogP contribution is -2.44. The number of nitrogens with one attached hydrogen (secondary N) is 1. The number of hydrogen-bond donors (Lipinski definition) is 1. The van der Waals surface area contributed by atoms with Crippen LogP contribution in [0.25, 0.3) is 0 Å². The average molecular weight is 254 g/mol. The number of aryl methyl sites for hydroxylation is 1. The second-order valence-corrected chi connectivity index (χ2v) is 5.76. The van der Waals surface area contributed by atoms with Gasteiger partial charge in [0.25, 0.3) is 0 Å². The van der Waals surface area contributed by atoms with Gasteiger partial charge in [0.1, 0.15) is 0 Å². The van der Waals surface area contributed by atoms with Gasteiger partial charge in [0.05, 0.1) is 5.69 Å². The number of likely N-dealkylation sites (N-methyl/N-ethyl adjacent to an activating group) is 1. The first-order valence-corrected chi connectivity index (χ1v) is 7.01. The Morgan fingerprint density at radius 2 is 1.94 bits per heavy atom. The standard InChI is InChI=1S/C12H22N4S/c1-9(13-3)11-10(2)14-12(17-11)16-7-5-15(4)6-8-16/h9,13H,5-8H2,1-4H3. The molecule has 1 fully saturated rings. The van der Waals surface area contributed by atoms with E-state index in [0.29, 0.717) is 6.04 Å². The molecule has 0 aromatic carbocycles. The van der Waals surface area contributed by atoms with Gasteiger partial charge in [-0.1, -0.05) is 0 Å². The van der Waals surface area contributed by atoms with Gasteiger partial charge in [0.2, 0.25) is 0 Å². The molecule has 5 heteroatoms. The highest BCUT2D eigenvalue weighted by atomic mass is 32.1. The molecule has 2 heterocycles. The molecule has 96 valence electrons. The number of rotatable bonds is 3. The van der Waals surface area contributed by atoms with Gasteiger partial charge in [-0.15, -0.1) is 11.3 Å². The molecule has 1 atom stereocenters. The first-order chi connectivity index (χ1) is 8.11. The van der Waals surface area contributed by atoms with E-state index in [1.165, 1.54) is 15.7 Å². The third-order valence-corrected chi connectivity index (χ3v) is 4.82. The summed E-state index contributed by atoms with van der Waals surface area (Å²) in [6.07, 6.45) is 0. The lowest BCUT2D eigenvalue weighted by atomic mass is 10.2. The number of aromatic nitrogens is 1. The number of thiazole rings is 1. The zero-order valence-electron chi connectivity index (χ0n) is 11.2. The predicted molar refractivity (Wildman–Crippen MR) is 74.0 cm³/mol. The molecule has 2 rings (SSSR count). The third-order valence-electron chi connectivity index (χ3n) is 3.42. The lowest BCUT2D eigenvalue weighted by Gasteiger charge is -2.32. The summed E-state index contributed by atoms with van der Waals surface area (Å²) in [6, 6.07) is 0.397. The molecule has 0 saturated carbocycles. The molecule has 1 aromatic rings. The number of hydrogen-bond acceptors (Lipinski definition) is 5. The minimum atomic E-state index is 0.397. The highest BCUT2D eigenvalue weighted by Gasteiger charge is 2.20. The highest BCUT2D eigenvalue weighted by Crippen LogP contribution is 2.30. The summed E-state index contributed by atoms with van der Waals surface area (Å²) in [4.78, 5) is 10.9. The molecule has 4 nitrogen and oxygen atoms in total. The van der Waals surface area contributed by atoms with E-state index in [0.717, 1.165) is 26.2 Å². The van der Waals surface area contributed by atoms with E-state index in [9.17, 15) is 0 Å². The van der Waals surface area contributed by atoms with Crippen LogP contribution < -0.4 is 10.2 Å². The summed E-state index contributed by atoms with van der Waals surface area (Å²) in [5, 5.41) is 4.48. The molecule has 0 spiro atoms. The van der Waals surface area contributed by atoms with Gasteiger partial charge in [-0.3, -0.25) is 0 Å². The number of anilines is 1. The molecule has 0 bridgehead atoms. The molecular formula is C12H22N4S. The fraction of sp³-hybridized carbons (Fsp3) is 0.750. The molecule has 1 unspecified atom stereocenters. The molecule has 1 aliphatic heterocycles. The van der Waals surface area contributed by atoms with Gasteiger partial charge in [0, 0.05) is 37.1 Å². The molecule has 0 amide bonds. The maximum Gasteiger partial charge on any atom is 0.185 e. The fourth-order valence-corrected chi connectivity index (χ4v) is 3.24. The smallest absolute Gasteiger partial charge is 0.185 e. The summed E-state index contributed by atoms with van der Waals surface area (Å²) in [6.45, 7) is 8.76. The molecule has 0 radical (unpaired) electrons. The van der Waals surface area contributed by atoms with E-state index < -0.39 is 0 Å². The lowest BCUT2D eigenvalue weighted by molar-refractivity contribution is 0.312. The van der Waals surface area contributed by atoms with Crippen LogP contribution in [0.3, 0.4) is 0 Å². The normalized spacial score (nSPS) is 19.6. The fourth-order valence-electron chi connectivity index (χ4n) is 2.06. The second kappa shape index (κ2) is 5.33. The summed E-state index contributed by atoms with van der Waals surface area (Å²) < 4.78 is 0. The minimum Gasteiger partial charge on any atom is -0.346 e. The SMILES string of the molecule is CNC(C)c1sc(N2CCN(C)CC2)nc1C. The quantitative estimate of drug-likeness (QED) is 0.885. The Kier molecular flexibility index (Phi) is 4.01. The molecule has 17 heavy (non-hydrogen) atoms. The van der Waals surface area contributed by atoms with Crippen molar-refractivity contribution in [2.75, 3.05) is 45.2 Å². The van der Waals surface area contributed by atoms with Gasteiger partial charge < -0.3 is 15.1 Å². The predicted octanol–water partition coefficient (Wildman–Crippen LogP) is 1.48. The van der Waals surface area contributed by atoms with Crippen molar-refractivity contribution < 1.29 is 0 Å². The number of piperazine rings is 1. The minimum absolute atomic E-state index is 0.397. The summed E-state index contributed by atoms with van der Waals surface area (Å²) >= 11 is 1.83. The van der Waals surface area contributed by atoms with Gasteiger partial charge in [-0.2, -0.15) is 0 Å². The van der Waals surface area contributed by atoms with Crippen molar-refractivity contribution in [1.82, 2.24) is 15.2 Å². The molecule has 1 aromatic heterocycles. The summed E-state index contributed by atoms with van der Waals surface area (Å²) in [5.41, 5.74) is 1.17. The Balaban J connectivity index is 2.11. The van der Waals surface area contributed by atoms with Crippen molar-refractivity contribution in [2.24, 2.45) is 0 Å². The van der Waals surface area contributed by atoms with Crippen molar-refractivity contribution in [3.05, 3.63) is 10.6 Å².